The summed E-state index contributed by atoms with van der Waals surface area (Å²) >= 11 is 5.32. The molecule has 0 unspecified atom stereocenters. The molecule has 0 spiro atoms. The predicted molar refractivity (Wildman–Crippen MR) is 119 cm³/mol. The molecule has 0 radical (unpaired) electrons. The smallest absolute Gasteiger partial charge is 0.315 e. The minimum atomic E-state index is -0.267. The van der Waals surface area contributed by atoms with Crippen molar-refractivity contribution in [1.82, 2.24) is 26.8 Å². The van der Waals surface area contributed by atoms with Crippen LogP contribution in [0.2, 0.25) is 0 Å². The second-order valence-corrected chi connectivity index (χ2v) is 8.51. The van der Waals surface area contributed by atoms with Crippen LogP contribution in [-0.2, 0) is 6.54 Å². The van der Waals surface area contributed by atoms with E-state index in [4.69, 9.17) is 12.2 Å². The van der Waals surface area contributed by atoms with E-state index in [-0.39, 0.29) is 18.0 Å². The highest BCUT2D eigenvalue weighted by molar-refractivity contribution is 7.80. The minimum absolute atomic E-state index is 0.0823. The summed E-state index contributed by atoms with van der Waals surface area (Å²) in [4.78, 5) is 23.9. The summed E-state index contributed by atoms with van der Waals surface area (Å²) in [7, 11) is 0. The zero-order chi connectivity index (χ0) is 21.4. The summed E-state index contributed by atoms with van der Waals surface area (Å²) < 4.78 is 0. The zero-order valence-electron chi connectivity index (χ0n) is 17.7. The van der Waals surface area contributed by atoms with Crippen LogP contribution in [0.1, 0.15) is 62.9 Å². The lowest BCUT2D eigenvalue weighted by molar-refractivity contribution is 0.0943. The molecule has 2 rings (SSSR count). The van der Waals surface area contributed by atoms with Crippen molar-refractivity contribution >= 4 is 29.3 Å². The van der Waals surface area contributed by atoms with Crippen molar-refractivity contribution in [2.75, 3.05) is 0 Å². The Kier molecular flexibility index (Phi) is 8.70. The number of amides is 3. The molecule has 1 fully saturated rings. The number of carbonyl (C=O) groups excluding carboxylic acids is 2. The van der Waals surface area contributed by atoms with Gasteiger partial charge in [-0.2, -0.15) is 0 Å². The van der Waals surface area contributed by atoms with E-state index in [9.17, 15) is 9.59 Å². The number of hydrogen-bond donors (Lipinski definition) is 5. The first kappa shape index (κ1) is 22.9. The van der Waals surface area contributed by atoms with Crippen LogP contribution in [0.25, 0.3) is 0 Å². The Balaban J connectivity index is 1.76. The third-order valence-corrected chi connectivity index (χ3v) is 5.62. The average Bonchev–Trinajstić information content (AvgIpc) is 2.68. The van der Waals surface area contributed by atoms with Gasteiger partial charge in [-0.05, 0) is 62.0 Å². The number of urea groups is 1. The molecule has 0 heterocycles. The summed E-state index contributed by atoms with van der Waals surface area (Å²) in [5, 5.41) is 9.29. The minimum Gasteiger partial charge on any atom is -0.358 e. The normalized spacial score (nSPS) is 21.2. The van der Waals surface area contributed by atoms with Gasteiger partial charge in [0.05, 0.1) is 0 Å². The van der Waals surface area contributed by atoms with Crippen LogP contribution in [0.4, 0.5) is 4.79 Å². The molecule has 0 aliphatic heterocycles. The molecule has 3 atom stereocenters. The lowest BCUT2D eigenvalue weighted by atomic mass is 9.78. The highest BCUT2D eigenvalue weighted by Gasteiger charge is 2.27. The molecule has 7 nitrogen and oxygen atoms in total. The monoisotopic (exact) mass is 419 g/mol. The van der Waals surface area contributed by atoms with Gasteiger partial charge < -0.3 is 16.0 Å². The van der Waals surface area contributed by atoms with Crippen LogP contribution >= 0.6 is 12.2 Å². The van der Waals surface area contributed by atoms with Gasteiger partial charge in [-0.3, -0.25) is 15.6 Å². The van der Waals surface area contributed by atoms with E-state index in [1.807, 2.05) is 26.0 Å². The summed E-state index contributed by atoms with van der Waals surface area (Å²) in [6, 6.07) is 7.26. The summed E-state index contributed by atoms with van der Waals surface area (Å²) in [5.74, 6) is 0.947. The van der Waals surface area contributed by atoms with E-state index in [1.54, 1.807) is 12.1 Å². The number of hydrazine groups is 1. The Hall–Kier alpha value is -2.35. The molecule has 1 aliphatic carbocycles. The first-order valence-corrected chi connectivity index (χ1v) is 10.7. The van der Waals surface area contributed by atoms with Gasteiger partial charge in [0.15, 0.2) is 5.11 Å². The van der Waals surface area contributed by atoms with Crippen molar-refractivity contribution in [3.05, 3.63) is 35.4 Å². The van der Waals surface area contributed by atoms with Crippen molar-refractivity contribution in [3.8, 4) is 0 Å². The first-order chi connectivity index (χ1) is 13.8. The number of carbonyl (C=O) groups is 2. The van der Waals surface area contributed by atoms with Crippen molar-refractivity contribution in [3.63, 3.8) is 0 Å². The van der Waals surface area contributed by atoms with Crippen LogP contribution < -0.4 is 26.8 Å². The van der Waals surface area contributed by atoms with Crippen molar-refractivity contribution in [2.45, 2.75) is 65.6 Å². The van der Waals surface area contributed by atoms with Gasteiger partial charge in [-0.1, -0.05) is 38.8 Å². The quantitative estimate of drug-likeness (QED) is 0.374. The van der Waals surface area contributed by atoms with Crippen LogP contribution in [0.15, 0.2) is 24.3 Å². The standard InChI is InChI=1S/C21H33N5O2S/c1-13(2)23-20(28)22-12-16-8-10-17(11-9-16)19(27)25-26-21(29)24-18-7-5-6-14(3)15(18)4/h8-11,13-15,18H,5-7,12H2,1-4H3,(H,25,27)(H2,22,23,28)(H2,24,26,29)/t14-,15-,18+/m1/s1. The molecule has 1 aliphatic rings. The fourth-order valence-corrected chi connectivity index (χ4v) is 3.65. The molecule has 3 amide bonds. The number of nitrogens with one attached hydrogen (secondary N) is 5. The molecule has 0 aromatic heterocycles. The summed E-state index contributed by atoms with van der Waals surface area (Å²) in [6.07, 6.45) is 3.54. The van der Waals surface area contributed by atoms with E-state index in [0.717, 1.165) is 12.0 Å². The molecule has 0 saturated heterocycles. The Morgan fingerprint density at radius 3 is 2.45 bits per heavy atom. The number of hydrogen-bond acceptors (Lipinski definition) is 3. The van der Waals surface area contributed by atoms with E-state index in [0.29, 0.717) is 35.1 Å². The molecule has 8 heteroatoms. The van der Waals surface area contributed by atoms with Crippen LogP contribution in [0.3, 0.4) is 0 Å². The second kappa shape index (κ2) is 11.0. The lowest BCUT2D eigenvalue weighted by Gasteiger charge is -2.35. The molecular formula is C21H33N5O2S. The second-order valence-electron chi connectivity index (χ2n) is 8.11. The summed E-state index contributed by atoms with van der Waals surface area (Å²) in [6.45, 7) is 8.71. The first-order valence-electron chi connectivity index (χ1n) is 10.3. The third-order valence-electron chi connectivity index (χ3n) is 5.40. The van der Waals surface area contributed by atoms with Crippen LogP contribution in [-0.4, -0.2) is 29.1 Å². The SMILES string of the molecule is CC(C)NC(=O)NCc1ccc(C(=O)NNC(=S)N[C@H]2CCC[C@@H](C)[C@H]2C)cc1. The van der Waals surface area contributed by atoms with Gasteiger partial charge >= 0.3 is 6.03 Å². The molecule has 160 valence electrons. The maximum Gasteiger partial charge on any atom is 0.315 e. The van der Waals surface area contributed by atoms with Crippen molar-refractivity contribution in [2.24, 2.45) is 11.8 Å². The van der Waals surface area contributed by atoms with Crippen LogP contribution in [0, 0.1) is 11.8 Å². The van der Waals surface area contributed by atoms with Crippen LogP contribution in [0.5, 0.6) is 0 Å². The van der Waals surface area contributed by atoms with Crippen molar-refractivity contribution in [1.29, 1.82) is 0 Å². The summed E-state index contributed by atoms with van der Waals surface area (Å²) in [5.41, 5.74) is 6.84. The number of benzene rings is 1. The lowest BCUT2D eigenvalue weighted by Crippen LogP contribution is -2.52. The average molecular weight is 420 g/mol. The van der Waals surface area contributed by atoms with E-state index >= 15 is 0 Å². The van der Waals surface area contributed by atoms with Gasteiger partial charge in [-0.15, -0.1) is 0 Å². The maximum atomic E-state index is 12.3. The van der Waals surface area contributed by atoms with Gasteiger partial charge in [0, 0.05) is 24.2 Å². The molecule has 1 aromatic rings. The zero-order valence-corrected chi connectivity index (χ0v) is 18.5. The molecule has 5 N–H and O–H groups in total. The van der Waals surface area contributed by atoms with Gasteiger partial charge in [0.2, 0.25) is 0 Å². The Bertz CT molecular complexity index is 708. The van der Waals surface area contributed by atoms with Crippen molar-refractivity contribution < 1.29 is 9.59 Å². The molecule has 1 saturated carbocycles. The van der Waals surface area contributed by atoms with Gasteiger partial charge in [0.25, 0.3) is 5.91 Å². The van der Waals surface area contributed by atoms with Gasteiger partial charge in [0.1, 0.15) is 0 Å². The highest BCUT2D eigenvalue weighted by atomic mass is 32.1. The largest absolute Gasteiger partial charge is 0.358 e. The highest BCUT2D eigenvalue weighted by Crippen LogP contribution is 2.29. The van der Waals surface area contributed by atoms with E-state index < -0.39 is 0 Å². The topological polar surface area (TPSA) is 94.3 Å². The molecular weight excluding hydrogens is 386 g/mol. The Morgan fingerprint density at radius 1 is 1.10 bits per heavy atom. The fraction of sp³-hybridized carbons (Fsp3) is 0.571. The third kappa shape index (κ3) is 7.53. The molecule has 29 heavy (non-hydrogen) atoms. The van der Waals surface area contributed by atoms with Gasteiger partial charge in [-0.25, -0.2) is 4.79 Å². The number of thiocarbonyl (C=S) groups is 1. The Labute approximate surface area is 178 Å². The van der Waals surface area contributed by atoms with E-state index in [2.05, 4.69) is 40.6 Å². The maximum absolute atomic E-state index is 12.3. The molecule has 1 aromatic carbocycles. The predicted octanol–water partition coefficient (Wildman–Crippen LogP) is 2.83. The fourth-order valence-electron chi connectivity index (χ4n) is 3.45. The number of rotatable bonds is 5. The molecule has 0 bridgehead atoms. The van der Waals surface area contributed by atoms with E-state index in [1.165, 1.54) is 12.8 Å². The Morgan fingerprint density at radius 2 is 1.79 bits per heavy atom.